The minimum atomic E-state index is 0.568. The fourth-order valence-electron chi connectivity index (χ4n) is 1.56. The summed E-state index contributed by atoms with van der Waals surface area (Å²) in [7, 11) is 0. The van der Waals surface area contributed by atoms with Gasteiger partial charge in [-0.25, -0.2) is 0 Å². The quantitative estimate of drug-likeness (QED) is 0.572. The third-order valence-corrected chi connectivity index (χ3v) is 3.69. The molecule has 1 rings (SSSR count). The average Bonchev–Trinajstić information content (AvgIpc) is 1.79. The molecular weight excluding hydrogens is 235 g/mol. The second-order valence-corrected chi connectivity index (χ2v) is 5.33. The van der Waals surface area contributed by atoms with Crippen LogP contribution in [0, 0.1) is 5.41 Å². The largest absolute Gasteiger partial charge is 0.0635 e. The topological polar surface area (TPSA) is 0 Å². The van der Waals surface area contributed by atoms with Gasteiger partial charge in [-0.2, -0.15) is 0 Å². The molecule has 58 valence electrons. The Labute approximate surface area is 77.2 Å². The highest BCUT2D eigenvalue weighted by Crippen LogP contribution is 2.40. The van der Waals surface area contributed by atoms with Crippen molar-refractivity contribution in [3.8, 4) is 0 Å². The van der Waals surface area contributed by atoms with Crippen LogP contribution < -0.4 is 0 Å². The molecule has 1 aliphatic rings. The SMILES string of the molecule is CC1=C(I)CCC(C)(C)C1. The van der Waals surface area contributed by atoms with E-state index in [-0.39, 0.29) is 0 Å². The second kappa shape index (κ2) is 2.84. The molecule has 0 bridgehead atoms. The van der Waals surface area contributed by atoms with E-state index in [9.17, 15) is 0 Å². The van der Waals surface area contributed by atoms with E-state index >= 15 is 0 Å². The average molecular weight is 250 g/mol. The number of rotatable bonds is 0. The lowest BCUT2D eigenvalue weighted by molar-refractivity contribution is 0.319. The highest BCUT2D eigenvalue weighted by molar-refractivity contribution is 14.1. The number of hydrogen-bond acceptors (Lipinski definition) is 0. The summed E-state index contributed by atoms with van der Waals surface area (Å²) in [4.78, 5) is 0. The lowest BCUT2D eigenvalue weighted by atomic mass is 9.78. The molecule has 0 unspecified atom stereocenters. The molecule has 0 aromatic rings. The summed E-state index contributed by atoms with van der Waals surface area (Å²) < 4.78 is 1.59. The Balaban J connectivity index is 2.72. The van der Waals surface area contributed by atoms with Gasteiger partial charge in [-0.05, 0) is 57.8 Å². The van der Waals surface area contributed by atoms with Crippen LogP contribution in [0.25, 0.3) is 0 Å². The molecule has 0 saturated heterocycles. The van der Waals surface area contributed by atoms with Crippen LogP contribution in [0.3, 0.4) is 0 Å². The summed E-state index contributed by atoms with van der Waals surface area (Å²) in [5.74, 6) is 0. The van der Waals surface area contributed by atoms with E-state index in [4.69, 9.17) is 0 Å². The van der Waals surface area contributed by atoms with E-state index in [0.717, 1.165) is 0 Å². The van der Waals surface area contributed by atoms with Gasteiger partial charge in [0, 0.05) is 0 Å². The first-order chi connectivity index (χ1) is 4.51. The molecule has 0 aromatic heterocycles. The molecule has 0 spiro atoms. The van der Waals surface area contributed by atoms with Crippen molar-refractivity contribution in [3.05, 3.63) is 9.15 Å². The summed E-state index contributed by atoms with van der Waals surface area (Å²) in [6.07, 6.45) is 3.97. The Bertz CT molecular complexity index is 166. The maximum absolute atomic E-state index is 2.48. The number of hydrogen-bond donors (Lipinski definition) is 0. The van der Waals surface area contributed by atoms with Crippen LogP contribution in [-0.2, 0) is 0 Å². The molecule has 0 aliphatic heterocycles. The zero-order valence-electron chi connectivity index (χ0n) is 7.00. The second-order valence-electron chi connectivity index (χ2n) is 4.03. The molecule has 0 atom stereocenters. The lowest BCUT2D eigenvalue weighted by Gasteiger charge is -2.30. The first-order valence-electron chi connectivity index (χ1n) is 3.85. The fourth-order valence-corrected chi connectivity index (χ4v) is 2.02. The van der Waals surface area contributed by atoms with E-state index < -0.39 is 0 Å². The van der Waals surface area contributed by atoms with Gasteiger partial charge in [-0.15, -0.1) is 0 Å². The van der Waals surface area contributed by atoms with Crippen molar-refractivity contribution in [2.24, 2.45) is 5.41 Å². The number of halogens is 1. The maximum atomic E-state index is 2.48. The van der Waals surface area contributed by atoms with Crippen molar-refractivity contribution >= 4 is 22.6 Å². The van der Waals surface area contributed by atoms with Crippen LogP contribution in [0.5, 0.6) is 0 Å². The molecular formula is C9H15I. The Kier molecular flexibility index (Phi) is 2.43. The molecule has 0 aromatic carbocycles. The fraction of sp³-hybridized carbons (Fsp3) is 0.778. The minimum Gasteiger partial charge on any atom is -0.0635 e. The van der Waals surface area contributed by atoms with Crippen LogP contribution in [0.2, 0.25) is 0 Å². The molecule has 1 heteroatoms. The summed E-state index contributed by atoms with van der Waals surface area (Å²) in [5, 5.41) is 0. The van der Waals surface area contributed by atoms with Gasteiger partial charge in [0.05, 0.1) is 0 Å². The predicted octanol–water partition coefficient (Wildman–Crippen LogP) is 3.91. The minimum absolute atomic E-state index is 0.568. The predicted molar refractivity (Wildman–Crippen MR) is 54.4 cm³/mol. The summed E-state index contributed by atoms with van der Waals surface area (Å²) in [5.41, 5.74) is 2.18. The Morgan fingerprint density at radius 3 is 2.40 bits per heavy atom. The van der Waals surface area contributed by atoms with E-state index in [1.54, 1.807) is 9.15 Å². The summed E-state index contributed by atoms with van der Waals surface area (Å²) in [6, 6.07) is 0. The van der Waals surface area contributed by atoms with Gasteiger partial charge in [0.1, 0.15) is 0 Å². The summed E-state index contributed by atoms with van der Waals surface area (Å²) >= 11 is 2.48. The zero-order chi connectivity index (χ0) is 7.78. The van der Waals surface area contributed by atoms with E-state index in [1.807, 2.05) is 0 Å². The zero-order valence-corrected chi connectivity index (χ0v) is 9.16. The van der Waals surface area contributed by atoms with Crippen LogP contribution in [-0.4, -0.2) is 0 Å². The van der Waals surface area contributed by atoms with Crippen molar-refractivity contribution < 1.29 is 0 Å². The Morgan fingerprint density at radius 2 is 2.00 bits per heavy atom. The highest BCUT2D eigenvalue weighted by Gasteiger charge is 2.23. The van der Waals surface area contributed by atoms with Crippen LogP contribution in [0.4, 0.5) is 0 Å². The van der Waals surface area contributed by atoms with Crippen LogP contribution in [0.15, 0.2) is 9.15 Å². The molecule has 0 fully saturated rings. The molecule has 0 amide bonds. The normalized spacial score (nSPS) is 25.2. The third kappa shape index (κ3) is 1.97. The molecule has 0 N–H and O–H groups in total. The van der Waals surface area contributed by atoms with Crippen molar-refractivity contribution in [1.29, 1.82) is 0 Å². The van der Waals surface area contributed by atoms with Gasteiger partial charge >= 0.3 is 0 Å². The van der Waals surface area contributed by atoms with E-state index in [0.29, 0.717) is 5.41 Å². The monoisotopic (exact) mass is 250 g/mol. The van der Waals surface area contributed by atoms with Crippen LogP contribution >= 0.6 is 22.6 Å². The van der Waals surface area contributed by atoms with Gasteiger partial charge in [0.15, 0.2) is 0 Å². The molecule has 0 saturated carbocycles. The van der Waals surface area contributed by atoms with Crippen molar-refractivity contribution in [2.45, 2.75) is 40.0 Å². The van der Waals surface area contributed by atoms with Crippen molar-refractivity contribution in [1.82, 2.24) is 0 Å². The third-order valence-electron chi connectivity index (χ3n) is 2.23. The van der Waals surface area contributed by atoms with Crippen LogP contribution in [0.1, 0.15) is 40.0 Å². The van der Waals surface area contributed by atoms with Gasteiger partial charge < -0.3 is 0 Å². The molecule has 1 aliphatic carbocycles. The standard InChI is InChI=1S/C9H15I/c1-7-6-9(2,3)5-4-8(7)10/h4-6H2,1-3H3. The van der Waals surface area contributed by atoms with Crippen molar-refractivity contribution in [2.75, 3.05) is 0 Å². The molecule has 0 heterocycles. The van der Waals surface area contributed by atoms with Gasteiger partial charge in [0.2, 0.25) is 0 Å². The van der Waals surface area contributed by atoms with E-state index in [1.165, 1.54) is 19.3 Å². The maximum Gasteiger partial charge on any atom is -0.0104 e. The summed E-state index contributed by atoms with van der Waals surface area (Å²) in [6.45, 7) is 6.99. The number of allylic oxidation sites excluding steroid dienone is 2. The van der Waals surface area contributed by atoms with Gasteiger partial charge in [-0.1, -0.05) is 19.4 Å². The Hall–Kier alpha value is 0.470. The molecule has 0 nitrogen and oxygen atoms in total. The van der Waals surface area contributed by atoms with Gasteiger partial charge in [0.25, 0.3) is 0 Å². The van der Waals surface area contributed by atoms with E-state index in [2.05, 4.69) is 43.4 Å². The lowest BCUT2D eigenvalue weighted by Crippen LogP contribution is -2.15. The molecule has 10 heavy (non-hydrogen) atoms. The van der Waals surface area contributed by atoms with Crippen molar-refractivity contribution in [3.63, 3.8) is 0 Å². The highest BCUT2D eigenvalue weighted by atomic mass is 127. The first kappa shape index (κ1) is 8.57. The molecule has 0 radical (unpaired) electrons. The smallest absolute Gasteiger partial charge is 0.0104 e. The first-order valence-corrected chi connectivity index (χ1v) is 4.93. The Morgan fingerprint density at radius 1 is 1.40 bits per heavy atom. The van der Waals surface area contributed by atoms with Gasteiger partial charge in [-0.3, -0.25) is 0 Å².